The standard InChI is InChI=1S/C31H32N2O5/c1-5-29(35)33-25-9-7-6-8-23(25)32-24-16-21(20-12-15-27(37-3)28(18-20)38-4)17-26(34)30(24)31(33)19-10-13-22(36-2)14-11-19/h6-15,18,21,31-32H,5,16-17H2,1-4H3. The Morgan fingerprint density at radius 3 is 2.29 bits per heavy atom. The van der Waals surface area contributed by atoms with Crippen LogP contribution in [0.15, 0.2) is 78.0 Å². The van der Waals surface area contributed by atoms with Gasteiger partial charge in [0.1, 0.15) is 5.75 Å². The van der Waals surface area contributed by atoms with Gasteiger partial charge in [-0.05, 0) is 59.9 Å². The van der Waals surface area contributed by atoms with Crippen molar-refractivity contribution >= 4 is 23.1 Å². The van der Waals surface area contributed by atoms with E-state index in [2.05, 4.69) is 5.32 Å². The van der Waals surface area contributed by atoms with Crippen molar-refractivity contribution in [2.75, 3.05) is 31.5 Å². The molecule has 1 amide bonds. The summed E-state index contributed by atoms with van der Waals surface area (Å²) in [4.78, 5) is 29.3. The van der Waals surface area contributed by atoms with Crippen LogP contribution < -0.4 is 24.4 Å². The highest BCUT2D eigenvalue weighted by atomic mass is 16.5. The number of para-hydroxylation sites is 2. The smallest absolute Gasteiger partial charge is 0.227 e. The Labute approximate surface area is 223 Å². The Balaban J connectivity index is 1.66. The summed E-state index contributed by atoms with van der Waals surface area (Å²) in [7, 11) is 4.83. The van der Waals surface area contributed by atoms with Crippen LogP contribution in [0.25, 0.3) is 0 Å². The number of ketones is 1. The van der Waals surface area contributed by atoms with Crippen molar-refractivity contribution in [3.63, 3.8) is 0 Å². The van der Waals surface area contributed by atoms with E-state index in [4.69, 9.17) is 14.2 Å². The Hall–Kier alpha value is -4.26. The summed E-state index contributed by atoms with van der Waals surface area (Å²) < 4.78 is 16.3. The molecule has 1 aliphatic carbocycles. The summed E-state index contributed by atoms with van der Waals surface area (Å²) in [6, 6.07) is 20.6. The SMILES string of the molecule is CCC(=O)N1c2ccccc2NC2=C(C(=O)CC(c3ccc(OC)c(OC)c3)C2)C1c1ccc(OC)cc1. The molecule has 196 valence electrons. The minimum atomic E-state index is -0.557. The van der Waals surface area contributed by atoms with Gasteiger partial charge < -0.3 is 19.5 Å². The Morgan fingerprint density at radius 1 is 0.895 bits per heavy atom. The number of carbonyl (C=O) groups excluding carboxylic acids is 2. The number of hydrogen-bond donors (Lipinski definition) is 1. The summed E-state index contributed by atoms with van der Waals surface area (Å²) >= 11 is 0. The number of benzene rings is 3. The number of ether oxygens (including phenoxy) is 3. The van der Waals surface area contributed by atoms with Crippen LogP contribution in [0, 0.1) is 0 Å². The van der Waals surface area contributed by atoms with E-state index in [0.29, 0.717) is 42.1 Å². The molecule has 1 N–H and O–H groups in total. The van der Waals surface area contributed by atoms with E-state index >= 15 is 0 Å². The molecule has 1 aliphatic heterocycles. The minimum Gasteiger partial charge on any atom is -0.497 e. The first kappa shape index (κ1) is 25.4. The Bertz CT molecular complexity index is 1400. The van der Waals surface area contributed by atoms with Crippen LogP contribution in [-0.4, -0.2) is 33.0 Å². The quantitative estimate of drug-likeness (QED) is 0.435. The predicted molar refractivity (Wildman–Crippen MR) is 147 cm³/mol. The number of allylic oxidation sites excluding steroid dienone is 1. The molecular formula is C31H32N2O5. The van der Waals surface area contributed by atoms with Gasteiger partial charge in [-0.25, -0.2) is 0 Å². The number of anilines is 2. The van der Waals surface area contributed by atoms with Crippen molar-refractivity contribution in [3.05, 3.63) is 89.1 Å². The number of nitrogens with zero attached hydrogens (tertiary/aromatic N) is 1. The number of amides is 1. The van der Waals surface area contributed by atoms with E-state index in [0.717, 1.165) is 28.2 Å². The first-order valence-corrected chi connectivity index (χ1v) is 12.8. The van der Waals surface area contributed by atoms with Crippen molar-refractivity contribution in [1.82, 2.24) is 0 Å². The molecule has 2 unspecified atom stereocenters. The van der Waals surface area contributed by atoms with E-state index in [1.165, 1.54) is 0 Å². The van der Waals surface area contributed by atoms with E-state index in [9.17, 15) is 9.59 Å². The van der Waals surface area contributed by atoms with Crippen LogP contribution in [0.3, 0.4) is 0 Å². The van der Waals surface area contributed by atoms with Gasteiger partial charge >= 0.3 is 0 Å². The third-order valence-corrected chi connectivity index (χ3v) is 7.37. The van der Waals surface area contributed by atoms with Crippen LogP contribution in [0.2, 0.25) is 0 Å². The van der Waals surface area contributed by atoms with Gasteiger partial charge in [-0.3, -0.25) is 14.5 Å². The van der Waals surface area contributed by atoms with Gasteiger partial charge in [0.2, 0.25) is 5.91 Å². The molecule has 5 rings (SSSR count). The molecule has 0 spiro atoms. The van der Waals surface area contributed by atoms with Crippen molar-refractivity contribution in [2.45, 2.75) is 38.1 Å². The normalized spacial score (nSPS) is 18.6. The van der Waals surface area contributed by atoms with Gasteiger partial charge in [-0.2, -0.15) is 0 Å². The fourth-order valence-corrected chi connectivity index (χ4v) is 5.48. The summed E-state index contributed by atoms with van der Waals surface area (Å²) in [5.74, 6) is 1.91. The fourth-order valence-electron chi connectivity index (χ4n) is 5.48. The molecule has 2 atom stereocenters. The highest BCUT2D eigenvalue weighted by Crippen LogP contribution is 2.48. The molecule has 38 heavy (non-hydrogen) atoms. The molecule has 2 aliphatic rings. The maximum absolute atomic E-state index is 14.0. The second-order valence-corrected chi connectivity index (χ2v) is 9.47. The predicted octanol–water partition coefficient (Wildman–Crippen LogP) is 6.02. The van der Waals surface area contributed by atoms with Gasteiger partial charge in [0.25, 0.3) is 0 Å². The Morgan fingerprint density at radius 2 is 1.61 bits per heavy atom. The molecule has 0 bridgehead atoms. The van der Waals surface area contributed by atoms with Gasteiger partial charge in [-0.1, -0.05) is 37.3 Å². The van der Waals surface area contributed by atoms with Crippen LogP contribution in [0.4, 0.5) is 11.4 Å². The average molecular weight is 513 g/mol. The third kappa shape index (κ3) is 4.49. The number of methoxy groups -OCH3 is 3. The van der Waals surface area contributed by atoms with Crippen molar-refractivity contribution in [2.24, 2.45) is 0 Å². The van der Waals surface area contributed by atoms with Gasteiger partial charge in [0.15, 0.2) is 17.3 Å². The second-order valence-electron chi connectivity index (χ2n) is 9.47. The summed E-state index contributed by atoms with van der Waals surface area (Å²) in [5, 5.41) is 3.56. The second kappa shape index (κ2) is 10.6. The molecule has 7 heteroatoms. The number of Topliss-reactive ketones (excluding diaryl/α,β-unsaturated/α-hetero) is 1. The molecule has 3 aromatic rings. The third-order valence-electron chi connectivity index (χ3n) is 7.37. The summed E-state index contributed by atoms with van der Waals surface area (Å²) in [5.41, 5.74) is 4.88. The maximum Gasteiger partial charge on any atom is 0.227 e. The monoisotopic (exact) mass is 512 g/mol. The van der Waals surface area contributed by atoms with Crippen molar-refractivity contribution in [3.8, 4) is 17.2 Å². The number of fused-ring (bicyclic) bond motifs is 1. The first-order chi connectivity index (χ1) is 18.5. The van der Waals surface area contributed by atoms with Crippen LogP contribution in [0.1, 0.15) is 49.3 Å². The molecule has 3 aromatic carbocycles. The highest BCUT2D eigenvalue weighted by molar-refractivity contribution is 6.06. The average Bonchev–Trinajstić information content (AvgIpc) is 3.11. The number of carbonyl (C=O) groups is 2. The largest absolute Gasteiger partial charge is 0.497 e. The van der Waals surface area contributed by atoms with E-state index in [1.54, 1.807) is 26.2 Å². The van der Waals surface area contributed by atoms with Crippen molar-refractivity contribution < 1.29 is 23.8 Å². The molecule has 0 aromatic heterocycles. The number of hydrogen-bond acceptors (Lipinski definition) is 6. The van der Waals surface area contributed by atoms with Crippen molar-refractivity contribution in [1.29, 1.82) is 0 Å². The zero-order valence-corrected chi connectivity index (χ0v) is 22.1. The lowest BCUT2D eigenvalue weighted by atomic mass is 9.78. The van der Waals surface area contributed by atoms with Gasteiger partial charge in [-0.15, -0.1) is 0 Å². The number of rotatable bonds is 6. The molecule has 0 saturated heterocycles. The molecular weight excluding hydrogens is 480 g/mol. The number of nitrogens with one attached hydrogen (secondary N) is 1. The fraction of sp³-hybridized carbons (Fsp3) is 0.290. The van der Waals surface area contributed by atoms with Crippen LogP contribution in [0.5, 0.6) is 17.2 Å². The molecule has 0 saturated carbocycles. The van der Waals surface area contributed by atoms with Crippen LogP contribution in [-0.2, 0) is 9.59 Å². The molecule has 1 heterocycles. The van der Waals surface area contributed by atoms with E-state index in [-0.39, 0.29) is 17.6 Å². The molecule has 0 radical (unpaired) electrons. The maximum atomic E-state index is 14.0. The van der Waals surface area contributed by atoms with Gasteiger partial charge in [0.05, 0.1) is 38.7 Å². The lowest BCUT2D eigenvalue weighted by Gasteiger charge is -2.35. The Kier molecular flexibility index (Phi) is 7.09. The molecule has 0 fully saturated rings. The summed E-state index contributed by atoms with van der Waals surface area (Å²) in [6.45, 7) is 1.85. The summed E-state index contributed by atoms with van der Waals surface area (Å²) in [6.07, 6.45) is 1.25. The van der Waals surface area contributed by atoms with Gasteiger partial charge in [0, 0.05) is 24.1 Å². The van der Waals surface area contributed by atoms with E-state index < -0.39 is 6.04 Å². The zero-order valence-electron chi connectivity index (χ0n) is 22.1. The highest BCUT2D eigenvalue weighted by Gasteiger charge is 2.41. The lowest BCUT2D eigenvalue weighted by molar-refractivity contribution is -0.119. The lowest BCUT2D eigenvalue weighted by Crippen LogP contribution is -2.38. The van der Waals surface area contributed by atoms with Crippen LogP contribution >= 0.6 is 0 Å². The zero-order chi connectivity index (χ0) is 26.8. The topological polar surface area (TPSA) is 77.1 Å². The first-order valence-electron chi connectivity index (χ1n) is 12.8. The van der Waals surface area contributed by atoms with E-state index in [1.807, 2.05) is 73.7 Å². The molecule has 7 nitrogen and oxygen atoms in total. The minimum absolute atomic E-state index is 0.0149.